The summed E-state index contributed by atoms with van der Waals surface area (Å²) in [5.41, 5.74) is 11.7. The maximum absolute atomic E-state index is 5.49. The summed E-state index contributed by atoms with van der Waals surface area (Å²) in [6, 6.07) is 0. The van der Waals surface area contributed by atoms with Crippen LogP contribution in [-0.2, 0) is 0 Å². The van der Waals surface area contributed by atoms with Gasteiger partial charge in [0.2, 0.25) is 5.95 Å². The van der Waals surface area contributed by atoms with Gasteiger partial charge in [-0.15, -0.1) is 0 Å². The number of hydrogen-bond acceptors (Lipinski definition) is 6. The van der Waals surface area contributed by atoms with Crippen molar-refractivity contribution in [2.75, 3.05) is 11.5 Å². The van der Waals surface area contributed by atoms with Crippen molar-refractivity contribution in [3.8, 4) is 10.4 Å². The van der Waals surface area contributed by atoms with Crippen LogP contribution in [0.4, 0.5) is 11.1 Å². The van der Waals surface area contributed by atoms with Crippen LogP contribution in [0.25, 0.3) is 10.4 Å². The van der Waals surface area contributed by atoms with Crippen molar-refractivity contribution in [3.05, 3.63) is 18.6 Å². The largest absolute Gasteiger partial charge is 0.375 e. The van der Waals surface area contributed by atoms with Crippen molar-refractivity contribution >= 4 is 22.4 Å². The molecule has 0 fully saturated rings. The summed E-state index contributed by atoms with van der Waals surface area (Å²) in [6.45, 7) is 0. The van der Waals surface area contributed by atoms with E-state index in [1.54, 1.807) is 18.6 Å². The van der Waals surface area contributed by atoms with Crippen LogP contribution < -0.4 is 11.5 Å². The predicted octanol–water partition coefficient (Wildman–Crippen LogP) is 0.764. The minimum absolute atomic E-state index is 0.265. The molecule has 0 spiro atoms. The van der Waals surface area contributed by atoms with Crippen molar-refractivity contribution < 1.29 is 0 Å². The highest BCUT2D eigenvalue weighted by atomic mass is 32.1. The number of anilines is 2. The average molecular weight is 193 g/mol. The normalized spacial score (nSPS) is 10.2. The number of nitrogens with zero attached hydrogens (tertiary/aromatic N) is 3. The van der Waals surface area contributed by atoms with Gasteiger partial charge in [-0.3, -0.25) is 0 Å². The SMILES string of the molecule is Nc1ncc(-c2cnc(N)s2)cn1. The van der Waals surface area contributed by atoms with Crippen molar-refractivity contribution in [1.29, 1.82) is 0 Å². The van der Waals surface area contributed by atoms with Crippen LogP contribution in [0.2, 0.25) is 0 Å². The molecular formula is C7H7N5S. The minimum atomic E-state index is 0.265. The lowest BCUT2D eigenvalue weighted by atomic mass is 10.3. The van der Waals surface area contributed by atoms with Crippen LogP contribution in [0.5, 0.6) is 0 Å². The maximum atomic E-state index is 5.49. The van der Waals surface area contributed by atoms with E-state index >= 15 is 0 Å². The van der Waals surface area contributed by atoms with Crippen molar-refractivity contribution in [3.63, 3.8) is 0 Å². The third kappa shape index (κ3) is 1.57. The fraction of sp³-hybridized carbons (Fsp3) is 0. The lowest BCUT2D eigenvalue weighted by Gasteiger charge is -1.94. The monoisotopic (exact) mass is 193 g/mol. The van der Waals surface area contributed by atoms with E-state index in [-0.39, 0.29) is 5.95 Å². The Labute approximate surface area is 78.5 Å². The third-order valence-electron chi connectivity index (χ3n) is 1.48. The fourth-order valence-electron chi connectivity index (χ4n) is 0.886. The van der Waals surface area contributed by atoms with E-state index in [2.05, 4.69) is 15.0 Å². The molecule has 0 saturated heterocycles. The lowest BCUT2D eigenvalue weighted by Crippen LogP contribution is -1.92. The molecule has 2 heterocycles. The van der Waals surface area contributed by atoms with E-state index in [0.29, 0.717) is 5.13 Å². The Hall–Kier alpha value is -1.69. The van der Waals surface area contributed by atoms with Crippen LogP contribution in [0.15, 0.2) is 18.6 Å². The van der Waals surface area contributed by atoms with Gasteiger partial charge < -0.3 is 11.5 Å². The van der Waals surface area contributed by atoms with Gasteiger partial charge in [0.25, 0.3) is 0 Å². The van der Waals surface area contributed by atoms with Crippen LogP contribution in [0, 0.1) is 0 Å². The zero-order valence-corrected chi connectivity index (χ0v) is 7.45. The van der Waals surface area contributed by atoms with Crippen LogP contribution in [0.1, 0.15) is 0 Å². The Balaban J connectivity index is 2.41. The fourth-order valence-corrected chi connectivity index (χ4v) is 1.55. The summed E-state index contributed by atoms with van der Waals surface area (Å²) in [6.07, 6.45) is 4.99. The van der Waals surface area contributed by atoms with Crippen molar-refractivity contribution in [1.82, 2.24) is 15.0 Å². The molecule has 2 rings (SSSR count). The van der Waals surface area contributed by atoms with Gasteiger partial charge in [-0.2, -0.15) is 0 Å². The first-order valence-electron chi connectivity index (χ1n) is 3.55. The van der Waals surface area contributed by atoms with Gasteiger partial charge in [0.15, 0.2) is 5.13 Å². The number of hydrogen-bond donors (Lipinski definition) is 2. The van der Waals surface area contributed by atoms with Crippen LogP contribution in [-0.4, -0.2) is 15.0 Å². The molecule has 66 valence electrons. The summed E-state index contributed by atoms with van der Waals surface area (Å²) >= 11 is 1.39. The molecule has 0 atom stereocenters. The highest BCUT2D eigenvalue weighted by Crippen LogP contribution is 2.25. The molecule has 0 aliphatic heterocycles. The Morgan fingerprint density at radius 1 is 1.00 bits per heavy atom. The molecule has 0 aliphatic rings. The van der Waals surface area contributed by atoms with E-state index in [1.165, 1.54) is 11.3 Å². The number of thiazole rings is 1. The van der Waals surface area contributed by atoms with Crippen molar-refractivity contribution in [2.24, 2.45) is 0 Å². The van der Waals surface area contributed by atoms with E-state index in [9.17, 15) is 0 Å². The molecule has 13 heavy (non-hydrogen) atoms. The predicted molar refractivity (Wildman–Crippen MR) is 52.0 cm³/mol. The number of nitrogen functional groups attached to an aromatic ring is 2. The zero-order chi connectivity index (χ0) is 9.26. The highest BCUT2D eigenvalue weighted by Gasteiger charge is 2.02. The summed E-state index contributed by atoms with van der Waals surface area (Å²) in [7, 11) is 0. The van der Waals surface area contributed by atoms with E-state index in [1.807, 2.05) is 0 Å². The molecule has 0 saturated carbocycles. The first-order valence-corrected chi connectivity index (χ1v) is 4.36. The molecule has 0 radical (unpaired) electrons. The summed E-state index contributed by atoms with van der Waals surface area (Å²) < 4.78 is 0. The standard InChI is InChI=1S/C7H7N5S/c8-6-10-1-4(2-11-6)5-3-12-7(9)13-5/h1-3H,(H2,9,12)(H2,8,10,11). The number of nitrogens with two attached hydrogens (primary N) is 2. The Morgan fingerprint density at radius 3 is 2.23 bits per heavy atom. The van der Waals surface area contributed by atoms with Gasteiger partial charge in [0, 0.05) is 24.2 Å². The molecule has 0 amide bonds. The molecule has 6 heteroatoms. The number of aromatic nitrogens is 3. The Morgan fingerprint density at radius 2 is 1.69 bits per heavy atom. The molecule has 2 aromatic rings. The zero-order valence-electron chi connectivity index (χ0n) is 6.64. The Bertz CT molecular complexity index is 407. The maximum Gasteiger partial charge on any atom is 0.219 e. The third-order valence-corrected chi connectivity index (χ3v) is 2.36. The second kappa shape index (κ2) is 2.98. The van der Waals surface area contributed by atoms with Crippen LogP contribution >= 0.6 is 11.3 Å². The molecular weight excluding hydrogens is 186 g/mol. The van der Waals surface area contributed by atoms with Crippen LogP contribution in [0.3, 0.4) is 0 Å². The quantitative estimate of drug-likeness (QED) is 0.697. The number of rotatable bonds is 1. The second-order valence-corrected chi connectivity index (χ2v) is 3.45. The van der Waals surface area contributed by atoms with Gasteiger partial charge in [-0.1, -0.05) is 11.3 Å². The summed E-state index contributed by atoms with van der Waals surface area (Å²) in [5.74, 6) is 0.265. The Kier molecular flexibility index (Phi) is 1.82. The minimum Gasteiger partial charge on any atom is -0.375 e. The lowest BCUT2D eigenvalue weighted by molar-refractivity contribution is 1.19. The first-order chi connectivity index (χ1) is 6.25. The molecule has 0 unspecified atom stereocenters. The topological polar surface area (TPSA) is 90.7 Å². The van der Waals surface area contributed by atoms with Gasteiger partial charge in [0.1, 0.15) is 0 Å². The van der Waals surface area contributed by atoms with Gasteiger partial charge in [0.05, 0.1) is 4.88 Å². The summed E-state index contributed by atoms with van der Waals surface area (Å²) in [4.78, 5) is 12.6. The van der Waals surface area contributed by atoms with E-state index < -0.39 is 0 Å². The summed E-state index contributed by atoms with van der Waals surface area (Å²) in [5, 5.41) is 0.534. The molecule has 0 bridgehead atoms. The molecule has 0 aromatic carbocycles. The molecule has 5 nitrogen and oxygen atoms in total. The smallest absolute Gasteiger partial charge is 0.219 e. The first kappa shape index (κ1) is 7.93. The van der Waals surface area contributed by atoms with Gasteiger partial charge in [-0.25, -0.2) is 15.0 Å². The molecule has 4 N–H and O–H groups in total. The molecule has 2 aromatic heterocycles. The van der Waals surface area contributed by atoms with Crippen molar-refractivity contribution in [2.45, 2.75) is 0 Å². The van der Waals surface area contributed by atoms with Gasteiger partial charge >= 0.3 is 0 Å². The van der Waals surface area contributed by atoms with E-state index in [0.717, 1.165) is 10.4 Å². The molecule has 0 aliphatic carbocycles. The van der Waals surface area contributed by atoms with E-state index in [4.69, 9.17) is 11.5 Å². The van der Waals surface area contributed by atoms with Gasteiger partial charge in [-0.05, 0) is 0 Å². The highest BCUT2D eigenvalue weighted by molar-refractivity contribution is 7.18. The second-order valence-electron chi connectivity index (χ2n) is 2.39. The average Bonchev–Trinajstić information content (AvgIpc) is 2.53.